The number of hydrogen-bond donors (Lipinski definition) is 18. The Morgan fingerprint density at radius 3 is 1.27 bits per heavy atom. The maximum absolute atomic E-state index is 14.4. The summed E-state index contributed by atoms with van der Waals surface area (Å²) in [7, 11) is 0. The second-order valence-corrected chi connectivity index (χ2v) is 25.1. The normalized spacial score (nSPS) is 14.5. The van der Waals surface area contributed by atoms with E-state index in [0.29, 0.717) is 5.56 Å². The Morgan fingerprint density at radius 1 is 0.418 bits per heavy atom. The van der Waals surface area contributed by atoms with Crippen LogP contribution in [0.25, 0.3) is 0 Å². The van der Waals surface area contributed by atoms with Gasteiger partial charge in [0, 0.05) is 25.8 Å². The lowest BCUT2D eigenvalue weighted by molar-refractivity contribution is -0.142. The largest absolute Gasteiger partial charge is 0.480 e. The molecule has 24 N–H and O–H groups in total. The minimum absolute atomic E-state index is 0.0337. The number of carbonyl (C=O) groups is 15. The van der Waals surface area contributed by atoms with Crippen LogP contribution in [0, 0.1) is 23.7 Å². The van der Waals surface area contributed by atoms with Crippen LogP contribution in [0.4, 0.5) is 0 Å². The van der Waals surface area contributed by atoms with E-state index in [0.717, 1.165) is 5.56 Å². The van der Waals surface area contributed by atoms with E-state index in [2.05, 4.69) is 63.5 Å². The molecule has 0 aliphatic rings. The van der Waals surface area contributed by atoms with Crippen molar-refractivity contribution in [1.29, 1.82) is 0 Å². The molecule has 0 heterocycles. The van der Waals surface area contributed by atoms with Gasteiger partial charge in [-0.05, 0) is 80.2 Å². The molecule has 14 amide bonds. The summed E-state index contributed by atoms with van der Waals surface area (Å²) in [5.41, 5.74) is 34.8. The summed E-state index contributed by atoms with van der Waals surface area (Å²) in [6, 6.07) is 1.35. The number of guanidine groups is 1. The highest BCUT2D eigenvalue weighted by Gasteiger charge is 2.38. The molecule has 11 atom stereocenters. The zero-order chi connectivity index (χ0) is 74.1. The van der Waals surface area contributed by atoms with E-state index >= 15 is 0 Å². The van der Waals surface area contributed by atoms with Gasteiger partial charge in [-0.2, -0.15) is 0 Å². The number of benzene rings is 2. The van der Waals surface area contributed by atoms with E-state index in [-0.39, 0.29) is 63.4 Å². The molecule has 0 saturated carbocycles. The van der Waals surface area contributed by atoms with Crippen LogP contribution in [-0.2, 0) is 84.8 Å². The molecule has 98 heavy (non-hydrogen) atoms. The highest BCUT2D eigenvalue weighted by atomic mass is 16.4. The number of carbonyl (C=O) groups excluding carboxylic acids is 14. The summed E-state index contributed by atoms with van der Waals surface area (Å²) < 4.78 is 0. The van der Waals surface area contributed by atoms with Crippen LogP contribution in [0.1, 0.15) is 125 Å². The lowest BCUT2D eigenvalue weighted by Gasteiger charge is -2.29. The molecule has 2 rings (SSSR count). The van der Waals surface area contributed by atoms with E-state index in [9.17, 15) is 77.0 Å². The van der Waals surface area contributed by atoms with Crippen molar-refractivity contribution in [1.82, 2.24) is 58.5 Å². The molecule has 0 unspecified atom stereocenters. The highest BCUT2D eigenvalue weighted by Crippen LogP contribution is 2.14. The van der Waals surface area contributed by atoms with Gasteiger partial charge < -0.3 is 98.0 Å². The number of aliphatic carboxylic acids is 1. The Balaban J connectivity index is 2.42. The molecule has 0 aromatic heterocycles. The zero-order valence-electron chi connectivity index (χ0n) is 56.9. The lowest BCUT2D eigenvalue weighted by atomic mass is 9.99. The average Bonchev–Trinajstić information content (AvgIpc) is 0.862. The standard InChI is InChI=1S/C64H100N18O16/c1-32(2)27-43(79-61(95)50(33(3)4)80-49(86)31-72-54(88)41(22-24-46(66)83)74-53(87)39(65)28-37-17-12-10-13-18-37)57(91)75-42(23-25-47(67)84)56(90)78-45(30-48(68)85)59(93)82-52(35(7)8)62(96)76-40(21-16-26-71-64(69)70)55(89)77-44(29-38-19-14-11-15-20-38)58(92)81-51(34(5)6)60(94)73-36(9)63(97)98/h10-15,17-20,32-36,39-45,50-52H,16,21-31,65H2,1-9H3,(H2,66,83)(H2,67,84)(H2,68,85)(H,72,88)(H,73,94)(H,74,87)(H,75,91)(H,76,96)(H,77,89)(H,78,90)(H,79,95)(H,80,86)(H,81,92)(H,82,93)(H,97,98)(H4,69,70,71)/t36-,39-,40-,41-,42-,43-,44-,45-,50-,51-,52-/m0/s1. The number of amides is 14. The first kappa shape index (κ1) is 83.8. The Morgan fingerprint density at radius 2 is 0.806 bits per heavy atom. The second-order valence-electron chi connectivity index (χ2n) is 25.1. The lowest BCUT2D eigenvalue weighted by Crippen LogP contribution is -2.62. The predicted molar refractivity (Wildman–Crippen MR) is 358 cm³/mol. The van der Waals surface area contributed by atoms with Gasteiger partial charge in [0.15, 0.2) is 5.96 Å². The minimum Gasteiger partial charge on any atom is -0.480 e. The van der Waals surface area contributed by atoms with Crippen LogP contribution in [0.2, 0.25) is 0 Å². The van der Waals surface area contributed by atoms with Crippen molar-refractivity contribution in [3.8, 4) is 0 Å². The number of hydrogen-bond acceptors (Lipinski definition) is 17. The number of rotatable bonds is 44. The SMILES string of the molecule is CC(C)C[C@H](NC(=O)[C@@H](NC(=O)CNC(=O)[C@H](CCC(N)=O)NC(=O)[C@@H](N)Cc1ccccc1)C(C)C)C(=O)N[C@@H](CCC(N)=O)C(=O)N[C@@H](CC(N)=O)C(=O)N[C@H](C(=O)N[C@@H](CCCN=C(N)N)C(=O)N[C@@H](Cc1ccccc1)C(=O)N[C@H](C(=O)N[C@@H](C)C(=O)O)C(C)C)C(C)C. The average molecular weight is 1380 g/mol. The van der Waals surface area contributed by atoms with Gasteiger partial charge in [-0.1, -0.05) is 116 Å². The third-order valence-corrected chi connectivity index (χ3v) is 15.0. The first-order chi connectivity index (χ1) is 45.9. The van der Waals surface area contributed by atoms with Crippen molar-refractivity contribution in [3.63, 3.8) is 0 Å². The molecular formula is C64H100N18O16. The van der Waals surface area contributed by atoms with Crippen LogP contribution in [0.3, 0.4) is 0 Å². The number of nitrogens with one attached hydrogen (secondary N) is 11. The Hall–Kier alpha value is -10.3. The number of carboxylic acids is 1. The number of nitrogens with zero attached hydrogens (tertiary/aromatic N) is 1. The van der Waals surface area contributed by atoms with Crippen molar-refractivity contribution >= 4 is 94.6 Å². The molecule has 2 aromatic carbocycles. The molecule has 0 spiro atoms. The second kappa shape index (κ2) is 42.3. The van der Waals surface area contributed by atoms with Crippen molar-refractivity contribution < 1.29 is 77.0 Å². The Bertz CT molecular complexity index is 3110. The van der Waals surface area contributed by atoms with Gasteiger partial charge in [0.2, 0.25) is 82.7 Å². The maximum Gasteiger partial charge on any atom is 0.325 e. The molecule has 0 aliphatic carbocycles. The summed E-state index contributed by atoms with van der Waals surface area (Å²) in [5, 5.41) is 36.9. The van der Waals surface area contributed by atoms with Gasteiger partial charge in [0.25, 0.3) is 0 Å². The molecule has 0 radical (unpaired) electrons. The van der Waals surface area contributed by atoms with E-state index in [1.807, 2.05) is 0 Å². The fraction of sp³-hybridized carbons (Fsp3) is 0.562. The summed E-state index contributed by atoms with van der Waals surface area (Å²) in [5.74, 6) is -17.0. The molecular weight excluding hydrogens is 1280 g/mol. The van der Waals surface area contributed by atoms with E-state index in [4.69, 9.17) is 34.4 Å². The molecule has 34 nitrogen and oxygen atoms in total. The van der Waals surface area contributed by atoms with E-state index < -0.39 is 199 Å². The van der Waals surface area contributed by atoms with Gasteiger partial charge in [-0.3, -0.25) is 76.9 Å². The van der Waals surface area contributed by atoms with Gasteiger partial charge in [0.05, 0.1) is 19.0 Å². The number of nitrogens with two attached hydrogens (primary N) is 6. The Kier molecular flexibility index (Phi) is 36.2. The van der Waals surface area contributed by atoms with Gasteiger partial charge in [-0.15, -0.1) is 0 Å². The fourth-order valence-corrected chi connectivity index (χ4v) is 9.63. The fourth-order valence-electron chi connectivity index (χ4n) is 9.63. The van der Waals surface area contributed by atoms with Crippen molar-refractivity contribution in [3.05, 3.63) is 71.8 Å². The summed E-state index contributed by atoms with van der Waals surface area (Å²) >= 11 is 0. The number of aliphatic imine (C=N–C) groups is 1. The quantitative estimate of drug-likeness (QED) is 0.0168. The van der Waals surface area contributed by atoms with Gasteiger partial charge in [0.1, 0.15) is 60.4 Å². The van der Waals surface area contributed by atoms with Crippen LogP contribution in [-0.4, -0.2) is 179 Å². The summed E-state index contributed by atoms with van der Waals surface area (Å²) in [6.07, 6.45) is -2.69. The number of carboxylic acid groups (broad SMARTS) is 1. The molecule has 542 valence electrons. The first-order valence-electron chi connectivity index (χ1n) is 32.2. The first-order valence-corrected chi connectivity index (χ1v) is 32.2. The predicted octanol–water partition coefficient (Wildman–Crippen LogP) is -4.66. The molecule has 0 bridgehead atoms. The molecule has 0 saturated heterocycles. The minimum atomic E-state index is -1.88. The van der Waals surface area contributed by atoms with E-state index in [1.54, 1.807) is 102 Å². The third kappa shape index (κ3) is 31.5. The van der Waals surface area contributed by atoms with Crippen molar-refractivity contribution in [2.45, 2.75) is 193 Å². The molecule has 0 aliphatic heterocycles. The topological polar surface area (TPSA) is 577 Å². The smallest absolute Gasteiger partial charge is 0.325 e. The Labute approximate surface area is 569 Å². The maximum atomic E-state index is 14.4. The van der Waals surface area contributed by atoms with Crippen LogP contribution >= 0.6 is 0 Å². The number of primary amides is 3. The molecule has 2 aromatic rings. The monoisotopic (exact) mass is 1380 g/mol. The van der Waals surface area contributed by atoms with Gasteiger partial charge in [-0.25, -0.2) is 0 Å². The molecule has 34 heteroatoms. The van der Waals surface area contributed by atoms with E-state index in [1.165, 1.54) is 20.8 Å². The van der Waals surface area contributed by atoms with Crippen LogP contribution < -0.4 is 92.9 Å². The zero-order valence-corrected chi connectivity index (χ0v) is 56.9. The highest BCUT2D eigenvalue weighted by molar-refractivity contribution is 6.00. The third-order valence-electron chi connectivity index (χ3n) is 15.0. The summed E-state index contributed by atoms with van der Waals surface area (Å²) in [6.45, 7) is 13.3. The summed E-state index contributed by atoms with van der Waals surface area (Å²) in [4.78, 5) is 205. The van der Waals surface area contributed by atoms with Crippen molar-refractivity contribution in [2.75, 3.05) is 13.1 Å². The van der Waals surface area contributed by atoms with Crippen LogP contribution in [0.15, 0.2) is 65.7 Å². The van der Waals surface area contributed by atoms with Crippen LogP contribution in [0.5, 0.6) is 0 Å². The van der Waals surface area contributed by atoms with Gasteiger partial charge >= 0.3 is 5.97 Å². The van der Waals surface area contributed by atoms with Crippen molar-refractivity contribution in [2.24, 2.45) is 63.1 Å². The molecule has 0 fully saturated rings.